The quantitative estimate of drug-likeness (QED) is 0.405. The minimum Gasteiger partial charge on any atom is -0.448 e. The van der Waals surface area contributed by atoms with Gasteiger partial charge in [-0.15, -0.1) is 11.8 Å². The number of ether oxygens (including phenoxy) is 3. The van der Waals surface area contributed by atoms with E-state index in [4.69, 9.17) is 25.8 Å². The molecule has 1 atom stereocenters. The summed E-state index contributed by atoms with van der Waals surface area (Å²) in [6.45, 7) is 8.43. The third-order valence-electron chi connectivity index (χ3n) is 8.09. The van der Waals surface area contributed by atoms with Crippen LogP contribution < -0.4 is 25.7 Å². The summed E-state index contributed by atoms with van der Waals surface area (Å²) in [4.78, 5) is 29.3. The second-order valence-electron chi connectivity index (χ2n) is 10.8. The highest BCUT2D eigenvalue weighted by molar-refractivity contribution is 7.98. The fraction of sp³-hybridized carbons (Fsp3) is 0.571. The molecular weight excluding hydrogens is 526 g/mol. The van der Waals surface area contributed by atoms with Crippen molar-refractivity contribution in [3.8, 4) is 11.5 Å². The van der Waals surface area contributed by atoms with E-state index in [1.54, 1.807) is 6.07 Å². The lowest BCUT2D eigenvalue weighted by Crippen LogP contribution is -2.49. The monoisotopic (exact) mass is 561 g/mol. The van der Waals surface area contributed by atoms with E-state index >= 15 is 0 Å². The van der Waals surface area contributed by atoms with Crippen molar-refractivity contribution in [1.29, 1.82) is 0 Å². The zero-order valence-corrected chi connectivity index (χ0v) is 23.9. The largest absolute Gasteiger partial charge is 0.448 e. The topological polar surface area (TPSA) is 102 Å². The number of benzene rings is 1. The van der Waals surface area contributed by atoms with Crippen LogP contribution in [0, 0.1) is 25.7 Å². The first kappa shape index (κ1) is 27.4. The summed E-state index contributed by atoms with van der Waals surface area (Å²) in [7, 11) is 0. The van der Waals surface area contributed by atoms with Gasteiger partial charge in [-0.3, -0.25) is 9.59 Å². The highest BCUT2D eigenvalue weighted by Gasteiger charge is 2.47. The van der Waals surface area contributed by atoms with Gasteiger partial charge in [-0.1, -0.05) is 11.6 Å². The highest BCUT2D eigenvalue weighted by atomic mass is 35.5. The van der Waals surface area contributed by atoms with Gasteiger partial charge in [-0.05, 0) is 70.4 Å². The molecule has 1 saturated heterocycles. The maximum absolute atomic E-state index is 13.2. The molecule has 2 aromatic rings. The number of nitrogens with one attached hydrogen (secondary N) is 3. The summed E-state index contributed by atoms with van der Waals surface area (Å²) in [5.74, 6) is 0.750. The Morgan fingerprint density at radius 1 is 1.16 bits per heavy atom. The van der Waals surface area contributed by atoms with Crippen molar-refractivity contribution in [2.45, 2.75) is 69.7 Å². The molecular formula is C28H36ClN3O5S. The average molecular weight is 562 g/mol. The van der Waals surface area contributed by atoms with Crippen molar-refractivity contribution in [1.82, 2.24) is 15.6 Å². The van der Waals surface area contributed by atoms with E-state index in [0.717, 1.165) is 56.0 Å². The zero-order chi connectivity index (χ0) is 27.0. The predicted octanol–water partition coefficient (Wildman–Crippen LogP) is 4.58. The summed E-state index contributed by atoms with van der Waals surface area (Å²) in [5, 5.41) is 6.83. The fourth-order valence-electron chi connectivity index (χ4n) is 5.63. The molecule has 3 N–H and O–H groups in total. The van der Waals surface area contributed by atoms with E-state index in [1.165, 1.54) is 11.8 Å². The minimum atomic E-state index is -0.825. The van der Waals surface area contributed by atoms with E-state index in [1.807, 2.05) is 33.1 Å². The Kier molecular flexibility index (Phi) is 8.01. The zero-order valence-electron chi connectivity index (χ0n) is 22.4. The number of amides is 1. The molecule has 0 spiro atoms. The van der Waals surface area contributed by atoms with Crippen LogP contribution in [-0.2, 0) is 11.3 Å². The van der Waals surface area contributed by atoms with Crippen molar-refractivity contribution in [3.63, 3.8) is 0 Å². The molecule has 206 valence electrons. The molecule has 2 aliphatic heterocycles. The molecule has 1 saturated carbocycles. The van der Waals surface area contributed by atoms with Crippen LogP contribution >= 0.6 is 23.4 Å². The van der Waals surface area contributed by atoms with Gasteiger partial charge in [0.05, 0.1) is 24.3 Å². The number of carbonyl (C=O) groups is 1. The average Bonchev–Trinajstić information content (AvgIpc) is 3.24. The maximum atomic E-state index is 13.2. The molecule has 1 amide bonds. The molecule has 2 fully saturated rings. The molecule has 3 aliphatic rings. The lowest BCUT2D eigenvalue weighted by molar-refractivity contribution is -0.123. The summed E-state index contributed by atoms with van der Waals surface area (Å²) >= 11 is 8.09. The van der Waals surface area contributed by atoms with Crippen LogP contribution in [0.2, 0.25) is 5.02 Å². The highest BCUT2D eigenvalue weighted by Crippen LogP contribution is 2.51. The number of pyridine rings is 1. The summed E-state index contributed by atoms with van der Waals surface area (Å²) in [6, 6.07) is 4.04. The van der Waals surface area contributed by atoms with Gasteiger partial charge in [0.15, 0.2) is 11.5 Å². The Labute approximate surface area is 232 Å². The van der Waals surface area contributed by atoms with E-state index in [0.29, 0.717) is 45.2 Å². The number of halogens is 1. The van der Waals surface area contributed by atoms with Crippen molar-refractivity contribution in [2.24, 2.45) is 11.8 Å². The number of H-pyrrole nitrogens is 1. The molecule has 3 heterocycles. The Morgan fingerprint density at radius 2 is 1.87 bits per heavy atom. The number of aromatic amines is 1. The number of hydrogen-bond acceptors (Lipinski definition) is 7. The van der Waals surface area contributed by atoms with Crippen LogP contribution in [0.1, 0.15) is 59.8 Å². The maximum Gasteiger partial charge on any atom is 0.254 e. The lowest BCUT2D eigenvalue weighted by atomic mass is 9.78. The molecule has 38 heavy (non-hydrogen) atoms. The molecule has 1 aromatic carbocycles. The van der Waals surface area contributed by atoms with Crippen LogP contribution in [0.5, 0.6) is 11.5 Å². The Morgan fingerprint density at radius 3 is 2.53 bits per heavy atom. The third kappa shape index (κ3) is 5.43. The number of thioether (sulfide) groups is 1. The van der Waals surface area contributed by atoms with E-state index in [9.17, 15) is 9.59 Å². The Hall–Kier alpha value is -2.20. The van der Waals surface area contributed by atoms with Crippen molar-refractivity contribution in [2.75, 3.05) is 26.0 Å². The molecule has 1 aliphatic carbocycles. The number of hydrogen-bond donors (Lipinski definition) is 3. The van der Waals surface area contributed by atoms with Crippen LogP contribution in [-0.4, -0.2) is 48.7 Å². The van der Waals surface area contributed by atoms with Gasteiger partial charge in [-0.2, -0.15) is 0 Å². The second kappa shape index (κ2) is 11.1. The summed E-state index contributed by atoms with van der Waals surface area (Å²) in [5.41, 5.74) is 2.19. The minimum absolute atomic E-state index is 0.111. The molecule has 0 radical (unpaired) electrons. The normalized spacial score (nSPS) is 24.8. The first-order valence-corrected chi connectivity index (χ1v) is 14.9. The molecule has 0 unspecified atom stereocenters. The summed E-state index contributed by atoms with van der Waals surface area (Å²) < 4.78 is 18.1. The van der Waals surface area contributed by atoms with Gasteiger partial charge in [0.1, 0.15) is 0 Å². The van der Waals surface area contributed by atoms with E-state index < -0.39 is 5.79 Å². The fourth-order valence-corrected chi connectivity index (χ4v) is 6.57. The van der Waals surface area contributed by atoms with Crippen LogP contribution in [0.3, 0.4) is 0 Å². The lowest BCUT2D eigenvalue weighted by Gasteiger charge is -2.38. The van der Waals surface area contributed by atoms with Gasteiger partial charge in [0.2, 0.25) is 0 Å². The first-order valence-electron chi connectivity index (χ1n) is 13.3. The SMILES string of the molecule is CSc1cc(C)[nH]c(=O)c1CNC(=O)c1cc(Cl)c2c(c1C)O[C@](C)([C@H]1CC[C@H](CNC3COC3)CC1)O2. The number of rotatable bonds is 8. The van der Waals surface area contributed by atoms with Crippen LogP contribution in [0.4, 0.5) is 0 Å². The number of aromatic nitrogens is 1. The Balaban J connectivity index is 1.25. The van der Waals surface area contributed by atoms with Gasteiger partial charge in [0, 0.05) is 46.7 Å². The second-order valence-corrected chi connectivity index (χ2v) is 12.0. The van der Waals surface area contributed by atoms with E-state index in [2.05, 4.69) is 15.6 Å². The molecule has 1 aromatic heterocycles. The third-order valence-corrected chi connectivity index (χ3v) is 9.17. The van der Waals surface area contributed by atoms with Crippen molar-refractivity contribution < 1.29 is 19.0 Å². The molecule has 10 heteroatoms. The molecule has 8 nitrogen and oxygen atoms in total. The molecule has 0 bridgehead atoms. The van der Waals surface area contributed by atoms with Crippen LogP contribution in [0.15, 0.2) is 21.8 Å². The summed E-state index contributed by atoms with van der Waals surface area (Å²) in [6.07, 6.45) is 6.14. The number of fused-ring (bicyclic) bond motifs is 1. The first-order chi connectivity index (χ1) is 18.2. The standard InChI is InChI=1S/C28H36ClN3O5S/c1-15-9-23(38-4)21(27(34)32-15)12-31-26(33)20-10-22(29)25-24(16(20)2)36-28(3,37-25)18-7-5-17(6-8-18)11-30-19-13-35-14-19/h9-10,17-19,30H,5-8,11-14H2,1-4H3,(H,31,33)(H,32,34)/t17-,18-,28-/m0/s1. The van der Waals surface area contributed by atoms with Gasteiger partial charge in [-0.25, -0.2) is 0 Å². The van der Waals surface area contributed by atoms with Crippen molar-refractivity contribution in [3.05, 3.63) is 49.9 Å². The van der Waals surface area contributed by atoms with Crippen LogP contribution in [0.25, 0.3) is 0 Å². The van der Waals surface area contributed by atoms with Crippen molar-refractivity contribution >= 4 is 29.3 Å². The predicted molar refractivity (Wildman–Crippen MR) is 149 cm³/mol. The van der Waals surface area contributed by atoms with E-state index in [-0.39, 0.29) is 23.9 Å². The van der Waals surface area contributed by atoms with Gasteiger partial charge in [0.25, 0.3) is 17.3 Å². The molecule has 5 rings (SSSR count). The number of carbonyl (C=O) groups excluding carboxylic acids is 1. The Bertz CT molecular complexity index is 1270. The number of aryl methyl sites for hydroxylation is 1. The van der Waals surface area contributed by atoms with Gasteiger partial charge >= 0.3 is 0 Å². The van der Waals surface area contributed by atoms with Gasteiger partial charge < -0.3 is 29.8 Å². The smallest absolute Gasteiger partial charge is 0.254 e.